The van der Waals surface area contributed by atoms with Crippen molar-refractivity contribution in [3.05, 3.63) is 46.3 Å². The number of nitrogens with one attached hydrogen (secondary N) is 1. The molecule has 2 rings (SSSR count). The standard InChI is InChI=1S/C18H22BrN3O3S/c1-11(2)16-20-12(3)10-15(21-16)22-17(23)18(4,5)26(24,25)14-8-6-13(19)7-9-14/h6-11H,1-5H3,(H,20,21,22,23). The summed E-state index contributed by atoms with van der Waals surface area (Å²) in [5.74, 6) is 0.331. The Morgan fingerprint density at radius 2 is 1.73 bits per heavy atom. The molecule has 0 atom stereocenters. The topological polar surface area (TPSA) is 89.0 Å². The number of halogens is 1. The lowest BCUT2D eigenvalue weighted by atomic mass is 10.2. The van der Waals surface area contributed by atoms with Gasteiger partial charge in [0.2, 0.25) is 5.91 Å². The minimum Gasteiger partial charge on any atom is -0.309 e. The average molecular weight is 440 g/mol. The summed E-state index contributed by atoms with van der Waals surface area (Å²) >= 11 is 3.27. The fraction of sp³-hybridized carbons (Fsp3) is 0.389. The van der Waals surface area contributed by atoms with Gasteiger partial charge < -0.3 is 5.32 Å². The first-order chi connectivity index (χ1) is 11.9. The van der Waals surface area contributed by atoms with Crippen molar-refractivity contribution in [3.8, 4) is 0 Å². The van der Waals surface area contributed by atoms with Crippen LogP contribution in [-0.4, -0.2) is 29.0 Å². The Kier molecular flexibility index (Phi) is 5.87. The van der Waals surface area contributed by atoms with E-state index in [2.05, 4.69) is 31.2 Å². The highest BCUT2D eigenvalue weighted by molar-refractivity contribution is 9.10. The summed E-state index contributed by atoms with van der Waals surface area (Å²) in [6.45, 7) is 8.46. The predicted molar refractivity (Wildman–Crippen MR) is 105 cm³/mol. The molecule has 140 valence electrons. The monoisotopic (exact) mass is 439 g/mol. The normalized spacial score (nSPS) is 12.3. The third-order valence-corrected chi connectivity index (χ3v) is 6.92. The molecule has 0 aliphatic rings. The van der Waals surface area contributed by atoms with Crippen molar-refractivity contribution >= 4 is 37.5 Å². The molecule has 1 N–H and O–H groups in total. The largest absolute Gasteiger partial charge is 0.309 e. The highest BCUT2D eigenvalue weighted by Gasteiger charge is 2.43. The molecule has 0 bridgehead atoms. The molecule has 0 saturated heterocycles. The van der Waals surface area contributed by atoms with Crippen molar-refractivity contribution in [1.82, 2.24) is 9.97 Å². The second-order valence-corrected chi connectivity index (χ2v) is 10.2. The Labute approximate surface area is 162 Å². The number of carbonyl (C=O) groups excluding carboxylic acids is 1. The number of anilines is 1. The molecule has 0 aliphatic heterocycles. The van der Waals surface area contributed by atoms with Gasteiger partial charge >= 0.3 is 0 Å². The number of amides is 1. The van der Waals surface area contributed by atoms with Crippen molar-refractivity contribution < 1.29 is 13.2 Å². The molecule has 1 heterocycles. The summed E-state index contributed by atoms with van der Waals surface area (Å²) < 4.78 is 25.0. The van der Waals surface area contributed by atoms with Gasteiger partial charge in [-0.05, 0) is 45.0 Å². The maximum atomic E-state index is 12.9. The molecular weight excluding hydrogens is 418 g/mol. The molecule has 0 unspecified atom stereocenters. The van der Waals surface area contributed by atoms with Gasteiger partial charge in [0.25, 0.3) is 0 Å². The molecule has 0 spiro atoms. The van der Waals surface area contributed by atoms with Gasteiger partial charge in [-0.3, -0.25) is 4.79 Å². The molecule has 26 heavy (non-hydrogen) atoms. The minimum absolute atomic E-state index is 0.0857. The van der Waals surface area contributed by atoms with Crippen LogP contribution in [-0.2, 0) is 14.6 Å². The first-order valence-corrected chi connectivity index (χ1v) is 10.4. The molecule has 0 fully saturated rings. The van der Waals surface area contributed by atoms with E-state index in [1.54, 1.807) is 25.1 Å². The zero-order valence-electron chi connectivity index (χ0n) is 15.4. The van der Waals surface area contributed by atoms with Crippen LogP contribution in [0.4, 0.5) is 5.82 Å². The second kappa shape index (κ2) is 7.44. The van der Waals surface area contributed by atoms with Gasteiger partial charge in [0.15, 0.2) is 9.84 Å². The van der Waals surface area contributed by atoms with Crippen molar-refractivity contribution in [2.45, 2.75) is 50.2 Å². The Morgan fingerprint density at radius 1 is 1.15 bits per heavy atom. The van der Waals surface area contributed by atoms with Gasteiger partial charge in [0.05, 0.1) is 4.90 Å². The van der Waals surface area contributed by atoms with E-state index in [1.807, 2.05) is 13.8 Å². The molecule has 6 nitrogen and oxygen atoms in total. The predicted octanol–water partition coefficient (Wildman–Crippen LogP) is 3.86. The van der Waals surface area contributed by atoms with Gasteiger partial charge in [0, 0.05) is 22.2 Å². The lowest BCUT2D eigenvalue weighted by molar-refractivity contribution is -0.117. The van der Waals surface area contributed by atoms with Gasteiger partial charge in [-0.1, -0.05) is 29.8 Å². The van der Waals surface area contributed by atoms with E-state index in [4.69, 9.17) is 0 Å². The number of hydrogen-bond acceptors (Lipinski definition) is 5. The fourth-order valence-electron chi connectivity index (χ4n) is 2.21. The second-order valence-electron chi connectivity index (χ2n) is 6.83. The van der Waals surface area contributed by atoms with Crippen LogP contribution in [0.2, 0.25) is 0 Å². The molecule has 0 aliphatic carbocycles. The molecule has 1 amide bonds. The Morgan fingerprint density at radius 3 is 2.27 bits per heavy atom. The number of benzene rings is 1. The Hall–Kier alpha value is -1.80. The summed E-state index contributed by atoms with van der Waals surface area (Å²) in [6.07, 6.45) is 0. The van der Waals surface area contributed by atoms with Gasteiger partial charge in [0.1, 0.15) is 16.4 Å². The van der Waals surface area contributed by atoms with Crippen LogP contribution in [0.25, 0.3) is 0 Å². The highest BCUT2D eigenvalue weighted by Crippen LogP contribution is 2.28. The molecule has 0 saturated carbocycles. The van der Waals surface area contributed by atoms with E-state index in [0.29, 0.717) is 17.3 Å². The first kappa shape index (κ1) is 20.5. The SMILES string of the molecule is Cc1cc(NC(=O)C(C)(C)S(=O)(=O)c2ccc(Br)cc2)nc(C(C)C)n1. The highest BCUT2D eigenvalue weighted by atomic mass is 79.9. The van der Waals surface area contributed by atoms with Gasteiger partial charge in [-0.25, -0.2) is 18.4 Å². The number of aromatic nitrogens is 2. The number of sulfone groups is 1. The lowest BCUT2D eigenvalue weighted by Crippen LogP contribution is -2.44. The van der Waals surface area contributed by atoms with Crippen LogP contribution >= 0.6 is 15.9 Å². The Bertz CT molecular complexity index is 923. The number of carbonyl (C=O) groups is 1. The van der Waals surface area contributed by atoms with Crippen LogP contribution in [0.5, 0.6) is 0 Å². The van der Waals surface area contributed by atoms with Crippen molar-refractivity contribution in [2.24, 2.45) is 0 Å². The van der Waals surface area contributed by atoms with Crippen LogP contribution in [0.3, 0.4) is 0 Å². The molecular formula is C18H22BrN3O3S. The third kappa shape index (κ3) is 4.12. The minimum atomic E-state index is -3.89. The number of rotatable bonds is 5. The van der Waals surface area contributed by atoms with E-state index in [-0.39, 0.29) is 10.8 Å². The van der Waals surface area contributed by atoms with E-state index in [9.17, 15) is 13.2 Å². The van der Waals surface area contributed by atoms with Crippen LogP contribution in [0.1, 0.15) is 45.1 Å². The van der Waals surface area contributed by atoms with E-state index in [1.165, 1.54) is 26.0 Å². The van der Waals surface area contributed by atoms with Crippen LogP contribution in [0.15, 0.2) is 39.7 Å². The quantitative estimate of drug-likeness (QED) is 0.763. The number of nitrogens with zero attached hydrogens (tertiary/aromatic N) is 2. The van der Waals surface area contributed by atoms with Gasteiger partial charge in [-0.15, -0.1) is 0 Å². The van der Waals surface area contributed by atoms with Gasteiger partial charge in [-0.2, -0.15) is 0 Å². The molecule has 2 aromatic rings. The maximum Gasteiger partial charge on any atom is 0.246 e. The molecule has 1 aromatic heterocycles. The average Bonchev–Trinajstić information content (AvgIpc) is 2.54. The molecule has 8 heteroatoms. The summed E-state index contributed by atoms with van der Waals surface area (Å²) in [7, 11) is -3.89. The zero-order chi connectivity index (χ0) is 19.7. The fourth-order valence-corrected chi connectivity index (χ4v) is 3.85. The smallest absolute Gasteiger partial charge is 0.246 e. The van der Waals surface area contributed by atoms with E-state index >= 15 is 0 Å². The molecule has 1 aromatic carbocycles. The lowest BCUT2D eigenvalue weighted by Gasteiger charge is -2.24. The molecule has 0 radical (unpaired) electrons. The Balaban J connectivity index is 2.34. The van der Waals surface area contributed by atoms with Crippen LogP contribution in [0, 0.1) is 6.92 Å². The summed E-state index contributed by atoms with van der Waals surface area (Å²) in [6, 6.07) is 7.82. The van der Waals surface area contributed by atoms with Crippen LogP contribution < -0.4 is 5.32 Å². The summed E-state index contributed by atoms with van der Waals surface area (Å²) in [4.78, 5) is 21.5. The zero-order valence-corrected chi connectivity index (χ0v) is 17.8. The van der Waals surface area contributed by atoms with Crippen molar-refractivity contribution in [1.29, 1.82) is 0 Å². The summed E-state index contributed by atoms with van der Waals surface area (Å²) in [5.41, 5.74) is 0.701. The van der Waals surface area contributed by atoms with Crippen molar-refractivity contribution in [2.75, 3.05) is 5.32 Å². The van der Waals surface area contributed by atoms with E-state index < -0.39 is 20.5 Å². The first-order valence-electron chi connectivity index (χ1n) is 8.12. The summed E-state index contributed by atoms with van der Waals surface area (Å²) in [5, 5.41) is 2.63. The van der Waals surface area contributed by atoms with E-state index in [0.717, 1.165) is 4.47 Å². The third-order valence-electron chi connectivity index (χ3n) is 3.97. The number of aryl methyl sites for hydroxylation is 1. The maximum absolute atomic E-state index is 12.9. The van der Waals surface area contributed by atoms with Crippen molar-refractivity contribution in [3.63, 3.8) is 0 Å². The number of hydrogen-bond donors (Lipinski definition) is 1.